The van der Waals surface area contributed by atoms with Crippen LogP contribution in [0.15, 0.2) is 29.2 Å². The van der Waals surface area contributed by atoms with E-state index in [2.05, 4.69) is 4.98 Å². The Morgan fingerprint density at radius 3 is 2.68 bits per heavy atom. The van der Waals surface area contributed by atoms with Crippen molar-refractivity contribution in [2.45, 2.75) is 17.6 Å². The largest absolute Gasteiger partial charge is 0.396 e. The number of halogens is 3. The van der Waals surface area contributed by atoms with E-state index in [0.717, 1.165) is 16.2 Å². The molecular weight excluding hydrogens is 306 g/mol. The molecule has 0 fully saturated rings. The van der Waals surface area contributed by atoms with Gasteiger partial charge in [-0.2, -0.15) is 0 Å². The van der Waals surface area contributed by atoms with Crippen molar-refractivity contribution in [2.75, 3.05) is 5.73 Å². The second-order valence-corrected chi connectivity index (χ2v) is 5.80. The molecule has 0 saturated heterocycles. The molecule has 19 heavy (non-hydrogen) atoms. The Labute approximate surface area is 125 Å². The van der Waals surface area contributed by atoms with Crippen LogP contribution in [0.1, 0.15) is 11.3 Å². The lowest BCUT2D eigenvalue weighted by Crippen LogP contribution is -1.92. The molecule has 2 aromatic rings. The van der Waals surface area contributed by atoms with E-state index in [1.807, 2.05) is 6.92 Å². The Balaban J connectivity index is 2.16. The normalized spacial score (nSPS) is 10.7. The molecule has 0 unspecified atom stereocenters. The molecule has 2 rings (SSSR count). The standard InChI is InChI=1S/C13H11Cl2FN2S/c1-7-4-10(14)9(13(15)18-7)6-19-8-2-3-12(17)11(16)5-8/h2-5H,6,17H2,1H3. The minimum Gasteiger partial charge on any atom is -0.396 e. The number of anilines is 1. The Morgan fingerprint density at radius 2 is 2.05 bits per heavy atom. The van der Waals surface area contributed by atoms with E-state index in [9.17, 15) is 4.39 Å². The van der Waals surface area contributed by atoms with Crippen molar-refractivity contribution in [3.05, 3.63) is 51.5 Å². The number of aromatic nitrogens is 1. The van der Waals surface area contributed by atoms with Crippen molar-refractivity contribution >= 4 is 40.7 Å². The van der Waals surface area contributed by atoms with Crippen molar-refractivity contribution in [2.24, 2.45) is 0 Å². The van der Waals surface area contributed by atoms with E-state index in [-0.39, 0.29) is 5.69 Å². The Bertz CT molecular complexity index is 597. The first-order valence-electron chi connectivity index (χ1n) is 5.46. The molecule has 2 N–H and O–H groups in total. The van der Waals surface area contributed by atoms with Gasteiger partial charge in [0.15, 0.2) is 0 Å². The van der Waals surface area contributed by atoms with E-state index >= 15 is 0 Å². The van der Waals surface area contributed by atoms with Gasteiger partial charge < -0.3 is 5.73 Å². The van der Waals surface area contributed by atoms with Gasteiger partial charge in [-0.1, -0.05) is 23.2 Å². The molecule has 0 saturated carbocycles. The van der Waals surface area contributed by atoms with Gasteiger partial charge in [-0.25, -0.2) is 9.37 Å². The number of hydrogen-bond acceptors (Lipinski definition) is 3. The monoisotopic (exact) mass is 316 g/mol. The van der Waals surface area contributed by atoms with Gasteiger partial charge >= 0.3 is 0 Å². The van der Waals surface area contributed by atoms with Crippen molar-refractivity contribution in [3.63, 3.8) is 0 Å². The summed E-state index contributed by atoms with van der Waals surface area (Å²) in [5, 5.41) is 0.953. The van der Waals surface area contributed by atoms with Crippen LogP contribution < -0.4 is 5.73 Å². The zero-order valence-corrected chi connectivity index (χ0v) is 12.4. The van der Waals surface area contributed by atoms with Crippen LogP contribution in [-0.4, -0.2) is 4.98 Å². The summed E-state index contributed by atoms with van der Waals surface area (Å²) in [6.07, 6.45) is 0. The molecule has 1 heterocycles. The van der Waals surface area contributed by atoms with Crippen molar-refractivity contribution < 1.29 is 4.39 Å². The summed E-state index contributed by atoms with van der Waals surface area (Å²) in [5.41, 5.74) is 7.07. The summed E-state index contributed by atoms with van der Waals surface area (Å²) in [7, 11) is 0. The lowest BCUT2D eigenvalue weighted by molar-refractivity contribution is 0.629. The fourth-order valence-corrected chi connectivity index (χ4v) is 3.28. The van der Waals surface area contributed by atoms with E-state index in [0.29, 0.717) is 15.9 Å². The highest BCUT2D eigenvalue weighted by atomic mass is 35.5. The fourth-order valence-electron chi connectivity index (χ4n) is 1.51. The molecule has 0 radical (unpaired) electrons. The number of nitrogens with two attached hydrogens (primary N) is 1. The molecule has 1 aromatic heterocycles. The average molecular weight is 317 g/mol. The molecular formula is C13H11Cl2FN2S. The first kappa shape index (κ1) is 14.4. The number of nitrogens with zero attached hydrogens (tertiary/aromatic N) is 1. The zero-order valence-electron chi connectivity index (χ0n) is 10.1. The molecule has 6 heteroatoms. The summed E-state index contributed by atoms with van der Waals surface area (Å²) in [4.78, 5) is 4.92. The van der Waals surface area contributed by atoms with Gasteiger partial charge in [0.2, 0.25) is 0 Å². The van der Waals surface area contributed by atoms with Gasteiger partial charge in [-0.05, 0) is 31.2 Å². The molecule has 1 aromatic carbocycles. The van der Waals surface area contributed by atoms with Crippen LogP contribution in [0.2, 0.25) is 10.2 Å². The Morgan fingerprint density at radius 1 is 1.32 bits per heavy atom. The SMILES string of the molecule is Cc1cc(Cl)c(CSc2ccc(N)c(F)c2)c(Cl)n1. The van der Waals surface area contributed by atoms with Gasteiger partial charge in [0.05, 0.1) is 5.69 Å². The minimum absolute atomic E-state index is 0.136. The van der Waals surface area contributed by atoms with Crippen LogP contribution in [0.5, 0.6) is 0 Å². The lowest BCUT2D eigenvalue weighted by Gasteiger charge is -2.08. The first-order valence-corrected chi connectivity index (χ1v) is 7.21. The summed E-state index contributed by atoms with van der Waals surface area (Å²) in [5.74, 6) is 0.0955. The predicted molar refractivity (Wildman–Crippen MR) is 79.4 cm³/mol. The number of benzene rings is 1. The number of aryl methyl sites for hydroxylation is 1. The van der Waals surface area contributed by atoms with Crippen LogP contribution in [-0.2, 0) is 5.75 Å². The number of thioether (sulfide) groups is 1. The molecule has 0 aliphatic heterocycles. The van der Waals surface area contributed by atoms with E-state index < -0.39 is 5.82 Å². The van der Waals surface area contributed by atoms with E-state index in [1.54, 1.807) is 12.1 Å². The van der Waals surface area contributed by atoms with Crippen molar-refractivity contribution in [1.29, 1.82) is 0 Å². The third kappa shape index (κ3) is 3.53. The number of hydrogen-bond donors (Lipinski definition) is 1. The van der Waals surface area contributed by atoms with Crippen molar-refractivity contribution in [3.8, 4) is 0 Å². The van der Waals surface area contributed by atoms with Gasteiger partial charge in [-0.15, -0.1) is 11.8 Å². The van der Waals surface area contributed by atoms with Gasteiger partial charge in [0.25, 0.3) is 0 Å². The second-order valence-electron chi connectivity index (χ2n) is 3.99. The molecule has 100 valence electrons. The molecule has 2 nitrogen and oxygen atoms in total. The highest BCUT2D eigenvalue weighted by Crippen LogP contribution is 2.31. The van der Waals surface area contributed by atoms with Gasteiger partial charge in [0, 0.05) is 26.9 Å². The summed E-state index contributed by atoms with van der Waals surface area (Å²) in [6.45, 7) is 1.82. The lowest BCUT2D eigenvalue weighted by atomic mass is 10.3. The fraction of sp³-hybridized carbons (Fsp3) is 0.154. The average Bonchev–Trinajstić information content (AvgIpc) is 2.32. The molecule has 0 spiro atoms. The summed E-state index contributed by atoms with van der Waals surface area (Å²) in [6, 6.07) is 6.44. The van der Waals surface area contributed by atoms with Crippen LogP contribution in [0.25, 0.3) is 0 Å². The summed E-state index contributed by atoms with van der Waals surface area (Å²) < 4.78 is 13.3. The third-order valence-corrected chi connectivity index (χ3v) is 4.17. The smallest absolute Gasteiger partial charge is 0.147 e. The highest BCUT2D eigenvalue weighted by Gasteiger charge is 2.09. The van der Waals surface area contributed by atoms with Gasteiger partial charge in [-0.3, -0.25) is 0 Å². The zero-order chi connectivity index (χ0) is 14.0. The first-order chi connectivity index (χ1) is 8.97. The Hall–Kier alpha value is -0.970. The van der Waals surface area contributed by atoms with E-state index in [1.165, 1.54) is 23.9 Å². The molecule has 0 bridgehead atoms. The van der Waals surface area contributed by atoms with Gasteiger partial charge in [0.1, 0.15) is 11.0 Å². The number of nitrogen functional groups attached to an aromatic ring is 1. The van der Waals surface area contributed by atoms with Crippen LogP contribution >= 0.6 is 35.0 Å². The summed E-state index contributed by atoms with van der Waals surface area (Å²) >= 11 is 13.6. The topological polar surface area (TPSA) is 38.9 Å². The molecule has 0 aliphatic rings. The maximum Gasteiger partial charge on any atom is 0.147 e. The maximum atomic E-state index is 13.3. The predicted octanol–water partition coefficient (Wildman–Crippen LogP) is 4.71. The number of pyridine rings is 1. The van der Waals surface area contributed by atoms with Crippen LogP contribution in [0.4, 0.5) is 10.1 Å². The molecule has 0 aliphatic carbocycles. The highest BCUT2D eigenvalue weighted by molar-refractivity contribution is 7.98. The second kappa shape index (κ2) is 5.99. The van der Waals surface area contributed by atoms with Crippen LogP contribution in [0.3, 0.4) is 0 Å². The molecule has 0 atom stereocenters. The van der Waals surface area contributed by atoms with Crippen molar-refractivity contribution in [1.82, 2.24) is 4.98 Å². The minimum atomic E-state index is -0.427. The number of rotatable bonds is 3. The molecule has 0 amide bonds. The van der Waals surface area contributed by atoms with Crippen LogP contribution in [0, 0.1) is 12.7 Å². The Kier molecular flexibility index (Phi) is 4.55. The quantitative estimate of drug-likeness (QED) is 0.506. The third-order valence-electron chi connectivity index (χ3n) is 2.50. The van der Waals surface area contributed by atoms with E-state index in [4.69, 9.17) is 28.9 Å². The maximum absolute atomic E-state index is 13.3.